The minimum absolute atomic E-state index is 0.0951. The van der Waals surface area contributed by atoms with E-state index in [1.165, 1.54) is 4.90 Å². The standard InChI is InChI=1S/C16H19F2N3O3/c17-11-1-2-12(13(18)9-11)15(22)20-4-6-21(7-5-20)16(23)14-10-19-3-8-24-14/h1-2,9,14,19H,3-8,10H2. The summed E-state index contributed by atoms with van der Waals surface area (Å²) in [7, 11) is 0. The van der Waals surface area contributed by atoms with Gasteiger partial charge in [0.25, 0.3) is 11.8 Å². The summed E-state index contributed by atoms with van der Waals surface area (Å²) in [6, 6.07) is 2.90. The van der Waals surface area contributed by atoms with Crippen LogP contribution in [0, 0.1) is 11.6 Å². The number of nitrogens with one attached hydrogen (secondary N) is 1. The van der Waals surface area contributed by atoms with Crippen molar-refractivity contribution in [2.45, 2.75) is 6.10 Å². The molecule has 130 valence electrons. The molecule has 2 fully saturated rings. The molecule has 2 heterocycles. The molecule has 1 aromatic carbocycles. The van der Waals surface area contributed by atoms with E-state index in [1.807, 2.05) is 0 Å². The Morgan fingerprint density at radius 3 is 2.46 bits per heavy atom. The second-order valence-corrected chi connectivity index (χ2v) is 5.81. The third-order valence-electron chi connectivity index (χ3n) is 4.24. The minimum atomic E-state index is -0.875. The van der Waals surface area contributed by atoms with Crippen molar-refractivity contribution in [1.82, 2.24) is 15.1 Å². The molecule has 3 rings (SSSR count). The summed E-state index contributed by atoms with van der Waals surface area (Å²) in [6.07, 6.45) is -0.490. The van der Waals surface area contributed by atoms with Crippen molar-refractivity contribution in [1.29, 1.82) is 0 Å². The van der Waals surface area contributed by atoms with Crippen LogP contribution >= 0.6 is 0 Å². The molecule has 1 unspecified atom stereocenters. The zero-order valence-electron chi connectivity index (χ0n) is 13.1. The largest absolute Gasteiger partial charge is 0.366 e. The van der Waals surface area contributed by atoms with Gasteiger partial charge in [-0.2, -0.15) is 0 Å². The third kappa shape index (κ3) is 3.54. The van der Waals surface area contributed by atoms with Crippen LogP contribution < -0.4 is 5.32 Å². The fourth-order valence-electron chi connectivity index (χ4n) is 2.89. The Bertz CT molecular complexity index is 627. The van der Waals surface area contributed by atoms with Gasteiger partial charge >= 0.3 is 0 Å². The van der Waals surface area contributed by atoms with E-state index in [2.05, 4.69) is 5.32 Å². The molecule has 1 atom stereocenters. The first kappa shape index (κ1) is 16.8. The first-order valence-corrected chi connectivity index (χ1v) is 7.91. The Morgan fingerprint density at radius 1 is 1.12 bits per heavy atom. The van der Waals surface area contributed by atoms with Crippen LogP contribution in [0.5, 0.6) is 0 Å². The molecule has 0 bridgehead atoms. The SMILES string of the molecule is O=C(c1ccc(F)cc1F)N1CCN(C(=O)C2CNCCO2)CC1. The van der Waals surface area contributed by atoms with E-state index in [9.17, 15) is 18.4 Å². The first-order valence-electron chi connectivity index (χ1n) is 7.91. The smallest absolute Gasteiger partial charge is 0.256 e. The van der Waals surface area contributed by atoms with E-state index < -0.39 is 23.6 Å². The van der Waals surface area contributed by atoms with Crippen LogP contribution in [0.2, 0.25) is 0 Å². The second-order valence-electron chi connectivity index (χ2n) is 5.81. The summed E-state index contributed by atoms with van der Waals surface area (Å²) < 4.78 is 32.1. The highest BCUT2D eigenvalue weighted by Gasteiger charge is 2.31. The van der Waals surface area contributed by atoms with Crippen LogP contribution in [-0.4, -0.2) is 73.6 Å². The maximum atomic E-state index is 13.7. The molecule has 2 aliphatic heterocycles. The summed E-state index contributed by atoms with van der Waals surface area (Å²) in [5, 5.41) is 3.10. The highest BCUT2D eigenvalue weighted by atomic mass is 19.1. The van der Waals surface area contributed by atoms with Crippen LogP contribution in [0.4, 0.5) is 8.78 Å². The highest BCUT2D eigenvalue weighted by molar-refractivity contribution is 5.94. The van der Waals surface area contributed by atoms with Crippen molar-refractivity contribution in [2.24, 2.45) is 0 Å². The molecule has 0 radical (unpaired) electrons. The Morgan fingerprint density at radius 2 is 1.83 bits per heavy atom. The second kappa shape index (κ2) is 7.23. The van der Waals surface area contributed by atoms with Crippen molar-refractivity contribution in [2.75, 3.05) is 45.9 Å². The number of hydrogen-bond acceptors (Lipinski definition) is 4. The predicted octanol–water partition coefficient (Wildman–Crippen LogP) is 0.238. The monoisotopic (exact) mass is 339 g/mol. The molecular weight excluding hydrogens is 320 g/mol. The highest BCUT2D eigenvalue weighted by Crippen LogP contribution is 2.15. The van der Waals surface area contributed by atoms with Gasteiger partial charge in [0.15, 0.2) is 0 Å². The third-order valence-corrected chi connectivity index (χ3v) is 4.24. The molecular formula is C16H19F2N3O3. The lowest BCUT2D eigenvalue weighted by Gasteiger charge is -2.37. The average molecular weight is 339 g/mol. The maximum Gasteiger partial charge on any atom is 0.256 e. The van der Waals surface area contributed by atoms with Gasteiger partial charge in [0.2, 0.25) is 0 Å². The van der Waals surface area contributed by atoms with Crippen LogP contribution in [0.1, 0.15) is 10.4 Å². The number of carbonyl (C=O) groups excluding carboxylic acids is 2. The lowest BCUT2D eigenvalue weighted by Crippen LogP contribution is -2.56. The quantitative estimate of drug-likeness (QED) is 0.838. The minimum Gasteiger partial charge on any atom is -0.366 e. The van der Waals surface area contributed by atoms with E-state index >= 15 is 0 Å². The lowest BCUT2D eigenvalue weighted by molar-refractivity contribution is -0.146. The molecule has 1 N–H and O–H groups in total. The van der Waals surface area contributed by atoms with E-state index in [1.54, 1.807) is 4.90 Å². The molecule has 2 amide bonds. The molecule has 8 heteroatoms. The Hall–Kier alpha value is -2.06. The van der Waals surface area contributed by atoms with Gasteiger partial charge in [-0.25, -0.2) is 8.78 Å². The number of nitrogens with zero attached hydrogens (tertiary/aromatic N) is 2. The topological polar surface area (TPSA) is 61.9 Å². The predicted molar refractivity (Wildman–Crippen MR) is 81.5 cm³/mol. The number of piperazine rings is 1. The number of rotatable bonds is 2. The van der Waals surface area contributed by atoms with Crippen molar-refractivity contribution in [3.63, 3.8) is 0 Å². The summed E-state index contributed by atoms with van der Waals surface area (Å²) >= 11 is 0. The van der Waals surface area contributed by atoms with Crippen LogP contribution in [0.3, 0.4) is 0 Å². The van der Waals surface area contributed by atoms with E-state index in [-0.39, 0.29) is 11.5 Å². The van der Waals surface area contributed by atoms with Gasteiger partial charge in [0.05, 0.1) is 12.2 Å². The number of halogens is 2. The van der Waals surface area contributed by atoms with Gasteiger partial charge < -0.3 is 19.9 Å². The summed E-state index contributed by atoms with van der Waals surface area (Å²) in [5.74, 6) is -2.18. The van der Waals surface area contributed by atoms with E-state index in [0.29, 0.717) is 45.4 Å². The lowest BCUT2D eigenvalue weighted by atomic mass is 10.1. The number of amides is 2. The number of ether oxygens (including phenoxy) is 1. The Labute approximate surface area is 138 Å². The fraction of sp³-hybridized carbons (Fsp3) is 0.500. The molecule has 0 aliphatic carbocycles. The van der Waals surface area contributed by atoms with E-state index in [4.69, 9.17) is 4.74 Å². The molecule has 24 heavy (non-hydrogen) atoms. The molecule has 0 spiro atoms. The van der Waals surface area contributed by atoms with Gasteiger partial charge in [-0.05, 0) is 12.1 Å². The summed E-state index contributed by atoms with van der Waals surface area (Å²) in [6.45, 7) is 3.07. The van der Waals surface area contributed by atoms with Gasteiger partial charge in [0.1, 0.15) is 17.7 Å². The molecule has 6 nitrogen and oxygen atoms in total. The van der Waals surface area contributed by atoms with Gasteiger partial charge in [-0.3, -0.25) is 9.59 Å². The molecule has 0 saturated carbocycles. The van der Waals surface area contributed by atoms with Crippen molar-refractivity contribution in [3.05, 3.63) is 35.4 Å². The Balaban J connectivity index is 1.58. The first-order chi connectivity index (χ1) is 11.6. The molecule has 2 aliphatic rings. The van der Waals surface area contributed by atoms with Crippen molar-refractivity contribution in [3.8, 4) is 0 Å². The van der Waals surface area contributed by atoms with E-state index in [0.717, 1.165) is 18.7 Å². The fourth-order valence-corrected chi connectivity index (χ4v) is 2.89. The molecule has 1 aromatic rings. The number of hydrogen-bond donors (Lipinski definition) is 1. The van der Waals surface area contributed by atoms with Crippen molar-refractivity contribution >= 4 is 11.8 Å². The van der Waals surface area contributed by atoms with Crippen LogP contribution in [-0.2, 0) is 9.53 Å². The number of benzene rings is 1. The summed E-state index contributed by atoms with van der Waals surface area (Å²) in [4.78, 5) is 27.8. The zero-order chi connectivity index (χ0) is 17.1. The van der Waals surface area contributed by atoms with Gasteiger partial charge in [0, 0.05) is 45.3 Å². The molecule has 0 aromatic heterocycles. The Kier molecular flexibility index (Phi) is 5.06. The number of morpholine rings is 1. The van der Waals surface area contributed by atoms with Gasteiger partial charge in [-0.15, -0.1) is 0 Å². The maximum absolute atomic E-state index is 13.7. The van der Waals surface area contributed by atoms with Crippen LogP contribution in [0.15, 0.2) is 18.2 Å². The zero-order valence-corrected chi connectivity index (χ0v) is 13.1. The molecule has 2 saturated heterocycles. The number of carbonyl (C=O) groups is 2. The van der Waals surface area contributed by atoms with Crippen LogP contribution in [0.25, 0.3) is 0 Å². The normalized spacial score (nSPS) is 21.7. The average Bonchev–Trinajstić information content (AvgIpc) is 2.61. The van der Waals surface area contributed by atoms with Gasteiger partial charge in [-0.1, -0.05) is 0 Å². The van der Waals surface area contributed by atoms with Crippen molar-refractivity contribution < 1.29 is 23.1 Å². The summed E-state index contributed by atoms with van der Waals surface area (Å²) in [5.41, 5.74) is -0.156.